The number of ketones is 1. The van der Waals surface area contributed by atoms with Gasteiger partial charge in [0.15, 0.2) is 5.78 Å². The van der Waals surface area contributed by atoms with E-state index in [4.69, 9.17) is 4.74 Å². The Labute approximate surface area is 125 Å². The summed E-state index contributed by atoms with van der Waals surface area (Å²) in [5.74, 6) is 0.859. The number of hydrogen-bond acceptors (Lipinski definition) is 4. The van der Waals surface area contributed by atoms with Crippen LogP contribution in [0.25, 0.3) is 0 Å². The molecule has 2 aromatic rings. The number of nitrogens with one attached hydrogen (secondary N) is 1. The summed E-state index contributed by atoms with van der Waals surface area (Å²) in [7, 11) is 1.63. The van der Waals surface area contributed by atoms with Crippen molar-refractivity contribution in [3.05, 3.63) is 59.4 Å². The van der Waals surface area contributed by atoms with Crippen LogP contribution < -0.4 is 10.1 Å². The number of aromatic nitrogens is 1. The van der Waals surface area contributed by atoms with Gasteiger partial charge in [-0.05, 0) is 49.7 Å². The van der Waals surface area contributed by atoms with Gasteiger partial charge in [-0.1, -0.05) is 6.07 Å². The molecule has 0 radical (unpaired) electrons. The van der Waals surface area contributed by atoms with Crippen LogP contribution in [0.3, 0.4) is 0 Å². The topological polar surface area (TPSA) is 51.2 Å². The normalized spacial score (nSPS) is 12.0. The third-order valence-electron chi connectivity index (χ3n) is 3.39. The number of carbonyl (C=O) groups is 1. The van der Waals surface area contributed by atoms with Crippen molar-refractivity contribution in [3.63, 3.8) is 0 Å². The fourth-order valence-electron chi connectivity index (χ4n) is 2.13. The fourth-order valence-corrected chi connectivity index (χ4v) is 2.13. The lowest BCUT2D eigenvalue weighted by atomic mass is 10.0. The number of rotatable bonds is 6. The molecule has 1 atom stereocenters. The van der Waals surface area contributed by atoms with E-state index in [1.54, 1.807) is 19.4 Å². The predicted molar refractivity (Wildman–Crippen MR) is 82.6 cm³/mol. The maximum absolute atomic E-state index is 12.4. The third kappa shape index (κ3) is 3.89. The number of benzene rings is 1. The van der Waals surface area contributed by atoms with Gasteiger partial charge in [0, 0.05) is 18.3 Å². The summed E-state index contributed by atoms with van der Waals surface area (Å²) >= 11 is 0. The van der Waals surface area contributed by atoms with Gasteiger partial charge in [-0.3, -0.25) is 9.78 Å². The molecule has 1 N–H and O–H groups in total. The van der Waals surface area contributed by atoms with E-state index in [9.17, 15) is 4.79 Å². The van der Waals surface area contributed by atoms with E-state index in [2.05, 4.69) is 10.3 Å². The van der Waals surface area contributed by atoms with Gasteiger partial charge in [0.2, 0.25) is 0 Å². The van der Waals surface area contributed by atoms with Crippen molar-refractivity contribution < 1.29 is 9.53 Å². The standard InChI is InChI=1S/C17H20N2O2/c1-12-10-14(7-8-16(12)21-3)17(20)13(2)19-11-15-6-4-5-9-18-15/h4-10,13,19H,11H2,1-3H3. The van der Waals surface area contributed by atoms with Crippen molar-refractivity contribution in [3.8, 4) is 5.75 Å². The molecule has 0 saturated carbocycles. The number of hydrogen-bond donors (Lipinski definition) is 1. The summed E-state index contributed by atoms with van der Waals surface area (Å²) in [5.41, 5.74) is 2.57. The van der Waals surface area contributed by atoms with Crippen molar-refractivity contribution in [2.45, 2.75) is 26.4 Å². The number of nitrogens with zero attached hydrogens (tertiary/aromatic N) is 1. The molecule has 1 aromatic carbocycles. The number of methoxy groups -OCH3 is 1. The van der Waals surface area contributed by atoms with Gasteiger partial charge in [-0.25, -0.2) is 0 Å². The maximum atomic E-state index is 12.4. The minimum absolute atomic E-state index is 0.0664. The van der Waals surface area contributed by atoms with Gasteiger partial charge in [-0.2, -0.15) is 0 Å². The average molecular weight is 284 g/mol. The van der Waals surface area contributed by atoms with Crippen LogP contribution >= 0.6 is 0 Å². The van der Waals surface area contributed by atoms with Crippen molar-refractivity contribution in [1.29, 1.82) is 0 Å². The Morgan fingerprint density at radius 3 is 2.76 bits per heavy atom. The largest absolute Gasteiger partial charge is 0.496 e. The number of ether oxygens (including phenoxy) is 1. The Balaban J connectivity index is 2.00. The van der Waals surface area contributed by atoms with Gasteiger partial charge in [0.25, 0.3) is 0 Å². The molecular weight excluding hydrogens is 264 g/mol. The second-order valence-corrected chi connectivity index (χ2v) is 4.97. The summed E-state index contributed by atoms with van der Waals surface area (Å²) < 4.78 is 5.21. The lowest BCUT2D eigenvalue weighted by Crippen LogP contribution is -2.33. The Morgan fingerprint density at radius 1 is 1.33 bits per heavy atom. The molecule has 2 rings (SSSR count). The van der Waals surface area contributed by atoms with Crippen LogP contribution in [0.5, 0.6) is 5.75 Å². The average Bonchev–Trinajstić information content (AvgIpc) is 2.52. The van der Waals surface area contributed by atoms with Gasteiger partial charge in [0.1, 0.15) is 5.75 Å². The van der Waals surface area contributed by atoms with Crippen LogP contribution in [-0.2, 0) is 6.54 Å². The molecule has 1 aromatic heterocycles. The lowest BCUT2D eigenvalue weighted by Gasteiger charge is -2.13. The lowest BCUT2D eigenvalue weighted by molar-refractivity contribution is 0.0950. The number of carbonyl (C=O) groups excluding carboxylic acids is 1. The zero-order chi connectivity index (χ0) is 15.2. The van der Waals surface area contributed by atoms with E-state index in [0.717, 1.165) is 17.0 Å². The van der Waals surface area contributed by atoms with Crippen LogP contribution in [-0.4, -0.2) is 23.9 Å². The van der Waals surface area contributed by atoms with Crippen LogP contribution in [0.15, 0.2) is 42.6 Å². The molecule has 0 aliphatic rings. The second kappa shape index (κ2) is 6.99. The minimum atomic E-state index is -0.264. The van der Waals surface area contributed by atoms with Crippen LogP contribution in [0.1, 0.15) is 28.5 Å². The summed E-state index contributed by atoms with van der Waals surface area (Å²) in [5, 5.41) is 3.20. The van der Waals surface area contributed by atoms with Crippen LogP contribution in [0, 0.1) is 6.92 Å². The molecule has 0 aliphatic carbocycles. The highest BCUT2D eigenvalue weighted by Crippen LogP contribution is 2.19. The molecule has 0 bridgehead atoms. The number of pyridine rings is 1. The first kappa shape index (κ1) is 15.2. The van der Waals surface area contributed by atoms with Crippen molar-refractivity contribution in [1.82, 2.24) is 10.3 Å². The highest BCUT2D eigenvalue weighted by molar-refractivity contribution is 6.00. The minimum Gasteiger partial charge on any atom is -0.496 e. The molecule has 0 amide bonds. The SMILES string of the molecule is COc1ccc(C(=O)C(C)NCc2ccccn2)cc1C. The molecule has 4 nitrogen and oxygen atoms in total. The fraction of sp³-hybridized carbons (Fsp3) is 0.294. The molecule has 0 saturated heterocycles. The smallest absolute Gasteiger partial charge is 0.179 e. The van der Waals surface area contributed by atoms with Gasteiger partial charge in [-0.15, -0.1) is 0 Å². The van der Waals surface area contributed by atoms with Crippen molar-refractivity contribution in [2.24, 2.45) is 0 Å². The van der Waals surface area contributed by atoms with Crippen molar-refractivity contribution in [2.75, 3.05) is 7.11 Å². The monoisotopic (exact) mass is 284 g/mol. The molecule has 1 unspecified atom stereocenters. The van der Waals surface area contributed by atoms with Gasteiger partial charge < -0.3 is 10.1 Å². The zero-order valence-corrected chi connectivity index (χ0v) is 12.6. The highest BCUT2D eigenvalue weighted by Gasteiger charge is 2.15. The maximum Gasteiger partial charge on any atom is 0.179 e. The van der Waals surface area contributed by atoms with E-state index < -0.39 is 0 Å². The van der Waals surface area contributed by atoms with E-state index in [1.165, 1.54) is 0 Å². The van der Waals surface area contributed by atoms with E-state index in [0.29, 0.717) is 12.1 Å². The molecule has 21 heavy (non-hydrogen) atoms. The highest BCUT2D eigenvalue weighted by atomic mass is 16.5. The van der Waals surface area contributed by atoms with E-state index >= 15 is 0 Å². The summed E-state index contributed by atoms with van der Waals surface area (Å²) in [6, 6.07) is 11.0. The Kier molecular flexibility index (Phi) is 5.06. The Morgan fingerprint density at radius 2 is 2.14 bits per heavy atom. The van der Waals surface area contributed by atoms with E-state index in [-0.39, 0.29) is 11.8 Å². The first-order chi connectivity index (χ1) is 10.1. The third-order valence-corrected chi connectivity index (χ3v) is 3.39. The number of aryl methyl sites for hydroxylation is 1. The quantitative estimate of drug-likeness (QED) is 0.829. The zero-order valence-electron chi connectivity index (χ0n) is 12.6. The molecule has 0 aliphatic heterocycles. The Bertz CT molecular complexity index is 611. The van der Waals surface area contributed by atoms with Gasteiger partial charge >= 0.3 is 0 Å². The molecule has 4 heteroatoms. The molecule has 1 heterocycles. The molecule has 110 valence electrons. The first-order valence-electron chi connectivity index (χ1n) is 6.94. The summed E-state index contributed by atoms with van der Waals surface area (Å²) in [4.78, 5) is 16.6. The first-order valence-corrected chi connectivity index (χ1v) is 6.94. The molecular formula is C17H20N2O2. The molecule has 0 spiro atoms. The summed E-state index contributed by atoms with van der Waals surface area (Å²) in [6.45, 7) is 4.37. The van der Waals surface area contributed by atoms with Crippen molar-refractivity contribution >= 4 is 5.78 Å². The van der Waals surface area contributed by atoms with Gasteiger partial charge in [0.05, 0.1) is 18.8 Å². The number of Topliss-reactive ketones (excluding diaryl/α,β-unsaturated/α-hetero) is 1. The Hall–Kier alpha value is -2.20. The second-order valence-electron chi connectivity index (χ2n) is 4.97. The van der Waals surface area contributed by atoms with Crippen LogP contribution in [0.2, 0.25) is 0 Å². The van der Waals surface area contributed by atoms with Crippen LogP contribution in [0.4, 0.5) is 0 Å². The molecule has 0 fully saturated rings. The summed E-state index contributed by atoms with van der Waals surface area (Å²) in [6.07, 6.45) is 1.75. The predicted octanol–water partition coefficient (Wildman–Crippen LogP) is 2.76. The van der Waals surface area contributed by atoms with E-state index in [1.807, 2.05) is 44.2 Å².